The van der Waals surface area contributed by atoms with Gasteiger partial charge in [-0.3, -0.25) is 9.59 Å². The second-order valence-electron chi connectivity index (χ2n) is 5.37. The van der Waals surface area contributed by atoms with E-state index in [-0.39, 0.29) is 12.1 Å². The highest BCUT2D eigenvalue weighted by Gasteiger charge is 2.64. The second kappa shape index (κ2) is 5.66. The van der Waals surface area contributed by atoms with Gasteiger partial charge in [0.25, 0.3) is 5.91 Å². The van der Waals surface area contributed by atoms with Crippen LogP contribution in [0.4, 0.5) is 13.2 Å². The van der Waals surface area contributed by atoms with Crippen molar-refractivity contribution in [1.29, 1.82) is 0 Å². The first-order valence-electron chi connectivity index (χ1n) is 6.88. The summed E-state index contributed by atoms with van der Waals surface area (Å²) in [4.78, 5) is 24.4. The number of carbonyl (C=O) groups excluding carboxylic acids is 1. The van der Waals surface area contributed by atoms with Crippen LogP contribution in [-0.2, 0) is 11.2 Å². The maximum absolute atomic E-state index is 13.1. The zero-order valence-corrected chi connectivity index (χ0v) is 11.9. The molecule has 8 heteroatoms. The van der Waals surface area contributed by atoms with Crippen LogP contribution in [0.1, 0.15) is 35.9 Å². The normalized spacial score (nSPS) is 22.1. The van der Waals surface area contributed by atoms with Crippen molar-refractivity contribution in [2.24, 2.45) is 5.41 Å². The number of furan rings is 1. The van der Waals surface area contributed by atoms with Gasteiger partial charge in [0, 0.05) is 19.5 Å². The van der Waals surface area contributed by atoms with Gasteiger partial charge in [-0.25, -0.2) is 0 Å². The summed E-state index contributed by atoms with van der Waals surface area (Å²) in [6, 6.07) is 1.40. The zero-order chi connectivity index (χ0) is 16.5. The number of carbonyl (C=O) groups is 2. The lowest BCUT2D eigenvalue weighted by Crippen LogP contribution is -2.47. The molecule has 1 amide bonds. The predicted molar refractivity (Wildman–Crippen MR) is 69.3 cm³/mol. The van der Waals surface area contributed by atoms with Crippen molar-refractivity contribution in [3.63, 3.8) is 0 Å². The summed E-state index contributed by atoms with van der Waals surface area (Å²) in [6.07, 6.45) is -3.03. The average Bonchev–Trinajstić information content (AvgIpc) is 3.04. The van der Waals surface area contributed by atoms with E-state index in [1.165, 1.54) is 12.3 Å². The van der Waals surface area contributed by atoms with Gasteiger partial charge in [-0.1, -0.05) is 6.92 Å². The largest absolute Gasteiger partial charge is 0.481 e. The first-order valence-corrected chi connectivity index (χ1v) is 6.88. The predicted octanol–water partition coefficient (Wildman–Crippen LogP) is 2.71. The molecule has 0 saturated carbocycles. The number of hydrogen-bond donors (Lipinski definition) is 1. The lowest BCUT2D eigenvalue weighted by Gasteiger charge is -2.27. The Morgan fingerprint density at radius 1 is 1.45 bits per heavy atom. The molecule has 1 atom stereocenters. The highest BCUT2D eigenvalue weighted by atomic mass is 19.4. The minimum Gasteiger partial charge on any atom is -0.481 e. The fourth-order valence-corrected chi connectivity index (χ4v) is 2.63. The molecule has 22 heavy (non-hydrogen) atoms. The number of nitrogens with zero attached hydrogens (tertiary/aromatic N) is 1. The lowest BCUT2D eigenvalue weighted by atomic mass is 9.86. The van der Waals surface area contributed by atoms with Crippen LogP contribution >= 0.6 is 0 Å². The van der Waals surface area contributed by atoms with Crippen LogP contribution in [0.5, 0.6) is 0 Å². The number of rotatable bonds is 4. The van der Waals surface area contributed by atoms with Crippen LogP contribution < -0.4 is 0 Å². The van der Waals surface area contributed by atoms with E-state index >= 15 is 0 Å². The number of alkyl halides is 3. The summed E-state index contributed by atoms with van der Waals surface area (Å²) in [5.74, 6) is -2.16. The zero-order valence-electron chi connectivity index (χ0n) is 11.9. The van der Waals surface area contributed by atoms with Gasteiger partial charge in [0.15, 0.2) is 5.41 Å². The number of amides is 1. The summed E-state index contributed by atoms with van der Waals surface area (Å²) in [6.45, 7) is 0.758. The molecule has 1 fully saturated rings. The van der Waals surface area contributed by atoms with Gasteiger partial charge in [-0.2, -0.15) is 13.2 Å². The molecular weight excluding hydrogens is 303 g/mol. The van der Waals surface area contributed by atoms with E-state index in [0.29, 0.717) is 12.2 Å². The van der Waals surface area contributed by atoms with Crippen molar-refractivity contribution in [2.75, 3.05) is 13.1 Å². The molecule has 0 aromatic carbocycles. The molecule has 0 bridgehead atoms. The molecule has 0 radical (unpaired) electrons. The van der Waals surface area contributed by atoms with Crippen molar-refractivity contribution in [2.45, 2.75) is 32.4 Å². The Morgan fingerprint density at radius 3 is 2.64 bits per heavy atom. The van der Waals surface area contributed by atoms with Gasteiger partial charge in [0.2, 0.25) is 0 Å². The minimum absolute atomic E-state index is 0.199. The van der Waals surface area contributed by atoms with E-state index in [4.69, 9.17) is 9.52 Å². The lowest BCUT2D eigenvalue weighted by molar-refractivity contribution is -0.227. The van der Waals surface area contributed by atoms with E-state index in [1.807, 2.05) is 6.92 Å². The van der Waals surface area contributed by atoms with E-state index in [9.17, 15) is 22.8 Å². The molecule has 1 N–H and O–H groups in total. The molecule has 1 aromatic rings. The Morgan fingerprint density at radius 2 is 2.14 bits per heavy atom. The second-order valence-corrected chi connectivity index (χ2v) is 5.37. The summed E-state index contributed by atoms with van der Waals surface area (Å²) >= 11 is 0. The highest BCUT2D eigenvalue weighted by Crippen LogP contribution is 2.46. The van der Waals surface area contributed by atoms with Crippen LogP contribution in [-0.4, -0.2) is 41.1 Å². The summed E-state index contributed by atoms with van der Waals surface area (Å²) in [5.41, 5.74) is -2.69. The number of likely N-dealkylation sites (tertiary alicyclic amines) is 1. The van der Waals surface area contributed by atoms with Crippen molar-refractivity contribution in [3.8, 4) is 0 Å². The van der Waals surface area contributed by atoms with Gasteiger partial charge in [-0.15, -0.1) is 0 Å². The summed E-state index contributed by atoms with van der Waals surface area (Å²) in [5, 5.41) is 8.99. The molecule has 5 nitrogen and oxygen atoms in total. The van der Waals surface area contributed by atoms with Crippen LogP contribution in [0.2, 0.25) is 0 Å². The Kier molecular flexibility index (Phi) is 4.21. The summed E-state index contributed by atoms with van der Waals surface area (Å²) < 4.78 is 44.5. The highest BCUT2D eigenvalue weighted by molar-refractivity contribution is 5.96. The van der Waals surface area contributed by atoms with Crippen LogP contribution in [0.25, 0.3) is 0 Å². The van der Waals surface area contributed by atoms with Gasteiger partial charge in [0.05, 0.1) is 11.8 Å². The van der Waals surface area contributed by atoms with Gasteiger partial charge in [0.1, 0.15) is 5.76 Å². The van der Waals surface area contributed by atoms with E-state index in [1.54, 1.807) is 0 Å². The fourth-order valence-electron chi connectivity index (χ4n) is 2.63. The van der Waals surface area contributed by atoms with Crippen LogP contribution in [0.15, 0.2) is 16.7 Å². The third kappa shape index (κ3) is 2.57. The first-order chi connectivity index (χ1) is 10.2. The van der Waals surface area contributed by atoms with Crippen molar-refractivity contribution >= 4 is 11.9 Å². The van der Waals surface area contributed by atoms with Crippen molar-refractivity contribution < 1.29 is 32.3 Å². The third-order valence-electron chi connectivity index (χ3n) is 3.96. The monoisotopic (exact) mass is 319 g/mol. The van der Waals surface area contributed by atoms with E-state index in [0.717, 1.165) is 11.3 Å². The Balaban J connectivity index is 2.24. The van der Waals surface area contributed by atoms with Crippen molar-refractivity contribution in [3.05, 3.63) is 23.7 Å². The molecule has 0 spiro atoms. The number of aryl methyl sites for hydroxylation is 1. The maximum Gasteiger partial charge on any atom is 0.406 e. The smallest absolute Gasteiger partial charge is 0.406 e. The SMILES string of the molecule is CCCc1occc1C(=O)N1CCC(C(=O)O)(C(F)(F)F)C1. The molecule has 2 rings (SSSR count). The van der Waals surface area contributed by atoms with Crippen molar-refractivity contribution in [1.82, 2.24) is 4.90 Å². The van der Waals surface area contributed by atoms with Crippen LogP contribution in [0, 0.1) is 5.41 Å². The van der Waals surface area contributed by atoms with E-state index < -0.39 is 36.4 Å². The number of halogens is 3. The number of carboxylic acid groups (broad SMARTS) is 1. The molecular formula is C14H16F3NO4. The summed E-state index contributed by atoms with van der Waals surface area (Å²) in [7, 11) is 0. The number of carboxylic acids is 1. The average molecular weight is 319 g/mol. The standard InChI is InChI=1S/C14H16F3NO4/c1-2-3-10-9(4-7-22-10)11(19)18-6-5-13(8-18,12(20)21)14(15,16)17/h4,7H,2-3,5-6,8H2,1H3,(H,20,21). The van der Waals surface area contributed by atoms with Gasteiger partial charge >= 0.3 is 12.1 Å². The minimum atomic E-state index is -4.91. The fraction of sp³-hybridized carbons (Fsp3) is 0.571. The Bertz CT molecular complexity index is 581. The molecule has 1 aliphatic rings. The molecule has 2 heterocycles. The first kappa shape index (κ1) is 16.4. The van der Waals surface area contributed by atoms with E-state index in [2.05, 4.69) is 0 Å². The molecule has 0 aliphatic carbocycles. The Labute approximate surface area is 124 Å². The Hall–Kier alpha value is -1.99. The molecule has 1 unspecified atom stereocenters. The topological polar surface area (TPSA) is 70.8 Å². The van der Waals surface area contributed by atoms with Gasteiger partial charge < -0.3 is 14.4 Å². The molecule has 1 aliphatic heterocycles. The maximum atomic E-state index is 13.1. The third-order valence-corrected chi connectivity index (χ3v) is 3.96. The van der Waals surface area contributed by atoms with Crippen LogP contribution in [0.3, 0.4) is 0 Å². The number of aliphatic carboxylic acids is 1. The van der Waals surface area contributed by atoms with Gasteiger partial charge in [-0.05, 0) is 18.9 Å². The quantitative estimate of drug-likeness (QED) is 0.926. The molecule has 1 aromatic heterocycles. The molecule has 1 saturated heterocycles. The number of hydrogen-bond acceptors (Lipinski definition) is 3. The molecule has 122 valence electrons.